The number of esters is 1. The molecule has 0 saturated carbocycles. The number of hydrogen-bond donors (Lipinski definition) is 0. The van der Waals surface area contributed by atoms with Crippen LogP contribution in [-0.4, -0.2) is 49.3 Å². The van der Waals surface area contributed by atoms with Crippen molar-refractivity contribution in [2.75, 3.05) is 26.8 Å². The van der Waals surface area contributed by atoms with E-state index in [4.69, 9.17) is 9.47 Å². The van der Waals surface area contributed by atoms with E-state index in [0.717, 1.165) is 44.3 Å². The summed E-state index contributed by atoms with van der Waals surface area (Å²) in [5.74, 6) is -0.0933. The topological polar surface area (TPSA) is 38.8 Å². The molecule has 0 amide bonds. The number of methoxy groups -OCH3 is 1. The van der Waals surface area contributed by atoms with Crippen LogP contribution < -0.4 is 0 Å². The van der Waals surface area contributed by atoms with Gasteiger partial charge in [0, 0.05) is 26.6 Å². The van der Waals surface area contributed by atoms with Crippen molar-refractivity contribution in [3.8, 4) is 0 Å². The van der Waals surface area contributed by atoms with Crippen LogP contribution in [0.15, 0.2) is 22.8 Å². The lowest BCUT2D eigenvalue weighted by atomic mass is 9.71. The Morgan fingerprint density at radius 3 is 3.11 bits per heavy atom. The maximum absolute atomic E-state index is 12.2. The number of nitrogens with zero attached hydrogens (tertiary/aromatic N) is 1. The molecule has 4 rings (SSSR count). The first kappa shape index (κ1) is 11.7. The third-order valence-corrected chi connectivity index (χ3v) is 5.24. The van der Waals surface area contributed by atoms with Gasteiger partial charge < -0.3 is 9.47 Å². The van der Waals surface area contributed by atoms with E-state index in [-0.39, 0.29) is 17.6 Å². The summed E-state index contributed by atoms with van der Waals surface area (Å²) in [6.07, 6.45) is 6.46. The molecular weight excluding hydrogens is 242 g/mol. The molecule has 19 heavy (non-hydrogen) atoms. The van der Waals surface area contributed by atoms with Gasteiger partial charge in [0.1, 0.15) is 6.61 Å². The summed E-state index contributed by atoms with van der Waals surface area (Å²) in [6.45, 7) is 2.62. The summed E-state index contributed by atoms with van der Waals surface area (Å²) in [7, 11) is 1.77. The standard InChI is InChI=1S/C15H19NO3/c1-18-12-3-2-11-5-7-16-6-4-10-9-19-14(17)13(10)15(11,16)8-12/h2,12H,3-9H2,1H3. The minimum absolute atomic E-state index is 0.0933. The van der Waals surface area contributed by atoms with E-state index in [9.17, 15) is 4.79 Å². The van der Waals surface area contributed by atoms with Gasteiger partial charge in [-0.1, -0.05) is 6.08 Å². The van der Waals surface area contributed by atoms with E-state index in [1.54, 1.807) is 7.11 Å². The molecule has 1 spiro atoms. The van der Waals surface area contributed by atoms with E-state index >= 15 is 0 Å². The van der Waals surface area contributed by atoms with Gasteiger partial charge in [0.25, 0.3) is 0 Å². The van der Waals surface area contributed by atoms with Crippen molar-refractivity contribution in [1.82, 2.24) is 4.90 Å². The van der Waals surface area contributed by atoms with Crippen LogP contribution in [0.1, 0.15) is 25.7 Å². The highest BCUT2D eigenvalue weighted by atomic mass is 16.5. The third-order valence-electron chi connectivity index (χ3n) is 5.24. The summed E-state index contributed by atoms with van der Waals surface area (Å²) in [5, 5.41) is 0. The largest absolute Gasteiger partial charge is 0.458 e. The van der Waals surface area contributed by atoms with Crippen LogP contribution in [0, 0.1) is 0 Å². The highest BCUT2D eigenvalue weighted by Gasteiger charge is 2.56. The summed E-state index contributed by atoms with van der Waals surface area (Å²) in [6, 6.07) is 0. The molecule has 0 aromatic rings. The number of rotatable bonds is 1. The van der Waals surface area contributed by atoms with E-state index < -0.39 is 0 Å². The molecule has 3 heterocycles. The smallest absolute Gasteiger partial charge is 0.336 e. The van der Waals surface area contributed by atoms with Crippen LogP contribution >= 0.6 is 0 Å². The molecular formula is C15H19NO3. The quantitative estimate of drug-likeness (QED) is 0.528. The molecule has 4 nitrogen and oxygen atoms in total. The van der Waals surface area contributed by atoms with E-state index in [0.29, 0.717) is 6.61 Å². The van der Waals surface area contributed by atoms with E-state index in [1.807, 2.05) is 0 Å². The predicted molar refractivity (Wildman–Crippen MR) is 69.6 cm³/mol. The Morgan fingerprint density at radius 2 is 2.26 bits per heavy atom. The Kier molecular flexibility index (Phi) is 2.42. The lowest BCUT2D eigenvalue weighted by Crippen LogP contribution is -2.54. The first-order valence-electron chi connectivity index (χ1n) is 7.12. The molecule has 1 saturated heterocycles. The van der Waals surface area contributed by atoms with Gasteiger partial charge in [0.15, 0.2) is 0 Å². The lowest BCUT2D eigenvalue weighted by molar-refractivity contribution is -0.137. The lowest BCUT2D eigenvalue weighted by Gasteiger charge is -2.46. The van der Waals surface area contributed by atoms with Crippen LogP contribution in [0.2, 0.25) is 0 Å². The summed E-state index contributed by atoms with van der Waals surface area (Å²) < 4.78 is 10.9. The van der Waals surface area contributed by atoms with Gasteiger partial charge in [-0.3, -0.25) is 4.90 Å². The van der Waals surface area contributed by atoms with Crippen LogP contribution in [0.25, 0.3) is 0 Å². The molecule has 4 heteroatoms. The minimum Gasteiger partial charge on any atom is -0.458 e. The highest BCUT2D eigenvalue weighted by Crippen LogP contribution is 2.52. The number of ether oxygens (including phenoxy) is 2. The molecule has 0 aromatic heterocycles. The second kappa shape index (κ2) is 3.93. The molecule has 0 N–H and O–H groups in total. The first-order valence-corrected chi connectivity index (χ1v) is 7.12. The molecule has 1 aliphatic carbocycles. The van der Waals surface area contributed by atoms with Gasteiger partial charge in [-0.05, 0) is 30.4 Å². The van der Waals surface area contributed by atoms with Gasteiger partial charge in [0.05, 0.1) is 17.2 Å². The van der Waals surface area contributed by atoms with E-state index in [2.05, 4.69) is 11.0 Å². The molecule has 4 aliphatic rings. The van der Waals surface area contributed by atoms with Gasteiger partial charge >= 0.3 is 5.97 Å². The minimum atomic E-state index is -0.194. The molecule has 3 aliphatic heterocycles. The molecule has 0 radical (unpaired) electrons. The number of cyclic esters (lactones) is 1. The van der Waals surface area contributed by atoms with Crippen LogP contribution in [0.5, 0.6) is 0 Å². The molecule has 2 atom stereocenters. The normalized spacial score (nSPS) is 37.6. The fourth-order valence-electron chi connectivity index (χ4n) is 4.35. The maximum atomic E-state index is 12.2. The van der Waals surface area contributed by atoms with Crippen molar-refractivity contribution in [2.24, 2.45) is 0 Å². The number of hydrogen-bond acceptors (Lipinski definition) is 4. The Balaban J connectivity index is 1.88. The van der Waals surface area contributed by atoms with Gasteiger partial charge in [0.2, 0.25) is 0 Å². The molecule has 0 bridgehead atoms. The number of carbonyl (C=O) groups excluding carboxylic acids is 1. The van der Waals surface area contributed by atoms with Gasteiger partial charge in [-0.15, -0.1) is 0 Å². The summed E-state index contributed by atoms with van der Waals surface area (Å²) >= 11 is 0. The van der Waals surface area contributed by atoms with Gasteiger partial charge in [-0.25, -0.2) is 4.79 Å². The van der Waals surface area contributed by atoms with Crippen molar-refractivity contribution in [1.29, 1.82) is 0 Å². The fourth-order valence-corrected chi connectivity index (χ4v) is 4.35. The average molecular weight is 261 g/mol. The zero-order valence-corrected chi connectivity index (χ0v) is 11.3. The first-order chi connectivity index (χ1) is 9.25. The zero-order chi connectivity index (χ0) is 13.0. The van der Waals surface area contributed by atoms with E-state index in [1.165, 1.54) is 11.1 Å². The number of carbonyl (C=O) groups is 1. The monoisotopic (exact) mass is 261 g/mol. The second-order valence-corrected chi connectivity index (χ2v) is 5.93. The molecule has 1 fully saturated rings. The molecule has 2 unspecified atom stereocenters. The Hall–Kier alpha value is -1.13. The average Bonchev–Trinajstić information content (AvgIpc) is 2.99. The second-order valence-electron chi connectivity index (χ2n) is 5.93. The van der Waals surface area contributed by atoms with Crippen molar-refractivity contribution in [2.45, 2.75) is 37.3 Å². The fraction of sp³-hybridized carbons (Fsp3) is 0.667. The Morgan fingerprint density at radius 1 is 1.42 bits per heavy atom. The van der Waals surface area contributed by atoms with Crippen molar-refractivity contribution in [3.63, 3.8) is 0 Å². The molecule has 102 valence electrons. The van der Waals surface area contributed by atoms with Crippen LogP contribution in [-0.2, 0) is 14.3 Å². The highest BCUT2D eigenvalue weighted by molar-refractivity contribution is 5.96. The molecule has 0 aromatic carbocycles. The summed E-state index contributed by atoms with van der Waals surface area (Å²) in [5.41, 5.74) is 3.40. The Labute approximate surface area is 113 Å². The van der Waals surface area contributed by atoms with Crippen molar-refractivity contribution < 1.29 is 14.3 Å². The van der Waals surface area contributed by atoms with Crippen molar-refractivity contribution >= 4 is 5.97 Å². The zero-order valence-electron chi connectivity index (χ0n) is 11.3. The summed E-state index contributed by atoms with van der Waals surface area (Å²) in [4.78, 5) is 14.7. The van der Waals surface area contributed by atoms with Crippen LogP contribution in [0.4, 0.5) is 0 Å². The Bertz CT molecular complexity index is 508. The third kappa shape index (κ3) is 1.39. The van der Waals surface area contributed by atoms with Crippen molar-refractivity contribution in [3.05, 3.63) is 22.8 Å². The van der Waals surface area contributed by atoms with Crippen LogP contribution in [0.3, 0.4) is 0 Å². The SMILES string of the molecule is COC1CC=C2CCN3CCC4=C(C(=O)OC4)C23C1. The van der Waals surface area contributed by atoms with Gasteiger partial charge in [-0.2, -0.15) is 0 Å². The maximum Gasteiger partial charge on any atom is 0.336 e. The predicted octanol–water partition coefficient (Wildman–Crippen LogP) is 1.42.